The molecule has 1 heterocycles. The van der Waals surface area contributed by atoms with E-state index in [1.807, 2.05) is 30.3 Å². The van der Waals surface area contributed by atoms with Crippen molar-refractivity contribution in [1.29, 1.82) is 0 Å². The maximum absolute atomic E-state index is 12.4. The molecular formula is C19H28N4O3. The van der Waals surface area contributed by atoms with E-state index in [0.717, 1.165) is 24.9 Å². The molecule has 0 bridgehead atoms. The number of likely N-dealkylation sites (tertiary alicyclic amines) is 1. The van der Waals surface area contributed by atoms with Gasteiger partial charge in [0.25, 0.3) is 0 Å². The Morgan fingerprint density at radius 1 is 1.08 bits per heavy atom. The molecule has 3 atom stereocenters. The number of nitrogens with two attached hydrogens (primary N) is 1. The van der Waals surface area contributed by atoms with Gasteiger partial charge in [-0.15, -0.1) is 0 Å². The number of benzene rings is 1. The zero-order valence-corrected chi connectivity index (χ0v) is 14.9. The average molecular weight is 360 g/mol. The van der Waals surface area contributed by atoms with Crippen molar-refractivity contribution in [2.24, 2.45) is 11.7 Å². The molecule has 0 unspecified atom stereocenters. The summed E-state index contributed by atoms with van der Waals surface area (Å²) >= 11 is 0. The molecule has 7 nitrogen and oxygen atoms in total. The van der Waals surface area contributed by atoms with E-state index in [2.05, 4.69) is 10.6 Å². The molecule has 2 aliphatic rings. The summed E-state index contributed by atoms with van der Waals surface area (Å²) in [5.74, 6) is -0.160. The minimum atomic E-state index is -0.594. The van der Waals surface area contributed by atoms with Crippen molar-refractivity contribution < 1.29 is 14.7 Å². The van der Waals surface area contributed by atoms with Gasteiger partial charge in [0.2, 0.25) is 5.91 Å². The Morgan fingerprint density at radius 2 is 1.77 bits per heavy atom. The highest BCUT2D eigenvalue weighted by atomic mass is 16.3. The Balaban J connectivity index is 1.42. The molecule has 1 aromatic carbocycles. The van der Waals surface area contributed by atoms with Gasteiger partial charge in [0, 0.05) is 36.8 Å². The van der Waals surface area contributed by atoms with Gasteiger partial charge in [-0.25, -0.2) is 4.79 Å². The molecule has 1 saturated carbocycles. The fraction of sp³-hybridized carbons (Fsp3) is 0.579. The van der Waals surface area contributed by atoms with Crippen LogP contribution in [0, 0.1) is 5.92 Å². The van der Waals surface area contributed by atoms with E-state index in [4.69, 9.17) is 5.73 Å². The first-order valence-electron chi connectivity index (χ1n) is 9.38. The summed E-state index contributed by atoms with van der Waals surface area (Å²) in [6, 6.07) is 9.14. The first kappa shape index (κ1) is 18.7. The smallest absolute Gasteiger partial charge is 0.321 e. The zero-order valence-electron chi connectivity index (χ0n) is 14.9. The van der Waals surface area contributed by atoms with Gasteiger partial charge in [0.05, 0.1) is 6.10 Å². The predicted octanol–water partition coefficient (Wildman–Crippen LogP) is 1.29. The van der Waals surface area contributed by atoms with Crippen molar-refractivity contribution in [2.45, 2.75) is 50.3 Å². The van der Waals surface area contributed by atoms with Crippen LogP contribution in [-0.2, 0) is 4.79 Å². The second-order valence-corrected chi connectivity index (χ2v) is 7.31. The fourth-order valence-corrected chi connectivity index (χ4v) is 3.68. The van der Waals surface area contributed by atoms with E-state index in [0.29, 0.717) is 25.9 Å². The number of amides is 3. The molecule has 1 aromatic rings. The van der Waals surface area contributed by atoms with Crippen molar-refractivity contribution in [1.82, 2.24) is 10.2 Å². The third-order valence-electron chi connectivity index (χ3n) is 5.39. The molecule has 142 valence electrons. The Morgan fingerprint density at radius 3 is 2.42 bits per heavy atom. The number of nitrogens with one attached hydrogen (secondary N) is 2. The quantitative estimate of drug-likeness (QED) is 0.651. The SMILES string of the molecule is N[C@H]1CC[C@H](C(=O)NC2CCN(C(=O)Nc3ccccc3)CC2)C[C@@H]1O. The van der Waals surface area contributed by atoms with E-state index in [1.54, 1.807) is 4.90 Å². The Labute approximate surface area is 153 Å². The third kappa shape index (κ3) is 4.74. The van der Waals surface area contributed by atoms with Crippen LogP contribution < -0.4 is 16.4 Å². The maximum Gasteiger partial charge on any atom is 0.321 e. The number of hydrogen-bond donors (Lipinski definition) is 4. The number of para-hydroxylation sites is 1. The molecule has 0 aromatic heterocycles. The van der Waals surface area contributed by atoms with Gasteiger partial charge in [-0.1, -0.05) is 18.2 Å². The molecule has 0 spiro atoms. The van der Waals surface area contributed by atoms with Gasteiger partial charge in [0.15, 0.2) is 0 Å². The van der Waals surface area contributed by atoms with E-state index in [1.165, 1.54) is 0 Å². The summed E-state index contributed by atoms with van der Waals surface area (Å²) in [6.07, 6.45) is 2.72. The predicted molar refractivity (Wildman–Crippen MR) is 99.5 cm³/mol. The molecule has 3 amide bonds. The number of carbonyl (C=O) groups excluding carboxylic acids is 2. The summed E-state index contributed by atoms with van der Waals surface area (Å²) in [7, 11) is 0. The minimum Gasteiger partial charge on any atom is -0.391 e. The Hall–Kier alpha value is -2.12. The van der Waals surface area contributed by atoms with Gasteiger partial charge < -0.3 is 26.4 Å². The number of carbonyl (C=O) groups is 2. The summed E-state index contributed by atoms with van der Waals surface area (Å²) in [5.41, 5.74) is 6.58. The first-order chi connectivity index (χ1) is 12.5. The molecule has 0 radical (unpaired) electrons. The summed E-state index contributed by atoms with van der Waals surface area (Å²) in [5, 5.41) is 15.8. The lowest BCUT2D eigenvalue weighted by molar-refractivity contribution is -0.128. The highest BCUT2D eigenvalue weighted by Crippen LogP contribution is 2.24. The van der Waals surface area contributed by atoms with Crippen LogP contribution in [0.3, 0.4) is 0 Å². The summed E-state index contributed by atoms with van der Waals surface area (Å²) in [4.78, 5) is 26.5. The van der Waals surface area contributed by atoms with Gasteiger partial charge in [-0.2, -0.15) is 0 Å². The number of urea groups is 1. The largest absolute Gasteiger partial charge is 0.391 e. The maximum atomic E-state index is 12.4. The lowest BCUT2D eigenvalue weighted by Crippen LogP contribution is -2.50. The monoisotopic (exact) mass is 360 g/mol. The van der Waals surface area contributed by atoms with Crippen LogP contribution in [0.5, 0.6) is 0 Å². The number of aliphatic hydroxyl groups is 1. The van der Waals surface area contributed by atoms with Crippen molar-refractivity contribution in [3.05, 3.63) is 30.3 Å². The topological polar surface area (TPSA) is 108 Å². The molecule has 5 N–H and O–H groups in total. The van der Waals surface area contributed by atoms with Crippen LogP contribution in [0.1, 0.15) is 32.1 Å². The third-order valence-corrected chi connectivity index (χ3v) is 5.39. The number of anilines is 1. The normalized spacial score (nSPS) is 27.0. The lowest BCUT2D eigenvalue weighted by Gasteiger charge is -2.34. The molecular weight excluding hydrogens is 332 g/mol. The summed E-state index contributed by atoms with van der Waals surface area (Å²) < 4.78 is 0. The van der Waals surface area contributed by atoms with Crippen LogP contribution in [0.4, 0.5) is 10.5 Å². The van der Waals surface area contributed by atoms with Gasteiger partial charge in [-0.3, -0.25) is 4.79 Å². The van der Waals surface area contributed by atoms with E-state index in [-0.39, 0.29) is 29.9 Å². The second kappa shape index (κ2) is 8.51. The Bertz CT molecular complexity index is 616. The standard InChI is InChI=1S/C19H28N4O3/c20-16-7-6-13(12-17(16)24)18(25)21-15-8-10-23(11-9-15)19(26)22-14-4-2-1-3-5-14/h1-5,13,15-17,24H,6-12,20H2,(H,21,25)(H,22,26)/t13-,16-,17-/m0/s1. The number of aliphatic hydroxyl groups excluding tert-OH is 1. The second-order valence-electron chi connectivity index (χ2n) is 7.31. The number of rotatable bonds is 3. The van der Waals surface area contributed by atoms with Crippen LogP contribution in [0.2, 0.25) is 0 Å². The molecule has 1 saturated heterocycles. The van der Waals surface area contributed by atoms with Gasteiger partial charge >= 0.3 is 6.03 Å². The van der Waals surface area contributed by atoms with Gasteiger partial charge in [-0.05, 0) is 44.2 Å². The highest BCUT2D eigenvalue weighted by molar-refractivity contribution is 5.89. The van der Waals surface area contributed by atoms with Crippen molar-refractivity contribution in [3.8, 4) is 0 Å². The highest BCUT2D eigenvalue weighted by Gasteiger charge is 2.32. The van der Waals surface area contributed by atoms with Crippen molar-refractivity contribution in [3.63, 3.8) is 0 Å². The molecule has 26 heavy (non-hydrogen) atoms. The van der Waals surface area contributed by atoms with E-state index >= 15 is 0 Å². The van der Waals surface area contributed by atoms with Crippen LogP contribution in [-0.4, -0.2) is 53.2 Å². The average Bonchev–Trinajstić information content (AvgIpc) is 2.65. The molecule has 2 fully saturated rings. The van der Waals surface area contributed by atoms with Gasteiger partial charge in [0.1, 0.15) is 0 Å². The van der Waals surface area contributed by atoms with Crippen LogP contribution in [0.15, 0.2) is 30.3 Å². The van der Waals surface area contributed by atoms with E-state index < -0.39 is 6.10 Å². The lowest BCUT2D eigenvalue weighted by atomic mass is 9.83. The fourth-order valence-electron chi connectivity index (χ4n) is 3.68. The molecule has 7 heteroatoms. The Kier molecular flexibility index (Phi) is 6.11. The summed E-state index contributed by atoms with van der Waals surface area (Å²) in [6.45, 7) is 1.23. The van der Waals surface area contributed by atoms with Crippen molar-refractivity contribution in [2.75, 3.05) is 18.4 Å². The van der Waals surface area contributed by atoms with E-state index in [9.17, 15) is 14.7 Å². The molecule has 3 rings (SSSR count). The number of piperidine rings is 1. The van der Waals surface area contributed by atoms with Crippen LogP contribution >= 0.6 is 0 Å². The molecule has 1 aliphatic carbocycles. The number of hydrogen-bond acceptors (Lipinski definition) is 4. The van der Waals surface area contributed by atoms with Crippen molar-refractivity contribution >= 4 is 17.6 Å². The molecule has 1 aliphatic heterocycles. The first-order valence-corrected chi connectivity index (χ1v) is 9.38. The zero-order chi connectivity index (χ0) is 18.5. The number of nitrogens with zero attached hydrogens (tertiary/aromatic N) is 1. The minimum absolute atomic E-state index is 0.00290. The van der Waals surface area contributed by atoms with Crippen LogP contribution in [0.25, 0.3) is 0 Å².